The molecule has 0 bridgehead atoms. The summed E-state index contributed by atoms with van der Waals surface area (Å²) in [6.07, 6.45) is 3.89. The third-order valence-corrected chi connectivity index (χ3v) is 4.03. The van der Waals surface area contributed by atoms with Crippen LogP contribution in [-0.4, -0.2) is 15.6 Å². The standard InChI is InChI=1S/C12H16BrN3S/c1-9(2)15-7-12-14-5-6-16(12)8-10-3-4-11(13)17-10/h3-6,9,15H,7-8H2,1-2H3. The number of thiophene rings is 1. The van der Waals surface area contributed by atoms with Crippen molar-refractivity contribution in [2.45, 2.75) is 33.0 Å². The molecule has 0 spiro atoms. The molecule has 0 aliphatic carbocycles. The molecule has 2 rings (SSSR count). The molecule has 0 aromatic carbocycles. The second kappa shape index (κ2) is 5.80. The van der Waals surface area contributed by atoms with Gasteiger partial charge in [-0.1, -0.05) is 13.8 Å². The lowest BCUT2D eigenvalue weighted by Gasteiger charge is -2.09. The second-order valence-electron chi connectivity index (χ2n) is 4.21. The summed E-state index contributed by atoms with van der Waals surface area (Å²) in [6.45, 7) is 6.00. The average Bonchev–Trinajstić information content (AvgIpc) is 2.86. The van der Waals surface area contributed by atoms with Crippen molar-refractivity contribution in [3.63, 3.8) is 0 Å². The molecule has 92 valence electrons. The Morgan fingerprint density at radius 3 is 2.94 bits per heavy atom. The summed E-state index contributed by atoms with van der Waals surface area (Å²) in [5.74, 6) is 1.09. The number of imidazole rings is 1. The van der Waals surface area contributed by atoms with Gasteiger partial charge < -0.3 is 9.88 Å². The zero-order valence-electron chi connectivity index (χ0n) is 9.98. The van der Waals surface area contributed by atoms with Crippen LogP contribution in [0.4, 0.5) is 0 Å². The lowest BCUT2D eigenvalue weighted by atomic mass is 10.4. The minimum atomic E-state index is 0.482. The minimum absolute atomic E-state index is 0.482. The number of hydrogen-bond acceptors (Lipinski definition) is 3. The molecule has 0 fully saturated rings. The van der Waals surface area contributed by atoms with E-state index < -0.39 is 0 Å². The maximum absolute atomic E-state index is 4.38. The summed E-state index contributed by atoms with van der Waals surface area (Å²) in [6, 6.07) is 4.72. The van der Waals surface area contributed by atoms with E-state index in [0.717, 1.165) is 18.9 Å². The van der Waals surface area contributed by atoms with Crippen molar-refractivity contribution in [2.75, 3.05) is 0 Å². The molecule has 0 aliphatic rings. The number of nitrogens with one attached hydrogen (secondary N) is 1. The SMILES string of the molecule is CC(C)NCc1nccn1Cc1ccc(Br)s1. The van der Waals surface area contributed by atoms with Gasteiger partial charge in [-0.3, -0.25) is 0 Å². The van der Waals surface area contributed by atoms with Crippen LogP contribution in [-0.2, 0) is 13.1 Å². The summed E-state index contributed by atoms with van der Waals surface area (Å²) >= 11 is 5.25. The van der Waals surface area contributed by atoms with Crippen LogP contribution < -0.4 is 5.32 Å². The zero-order chi connectivity index (χ0) is 12.3. The highest BCUT2D eigenvalue weighted by Crippen LogP contribution is 2.23. The fraction of sp³-hybridized carbons (Fsp3) is 0.417. The van der Waals surface area contributed by atoms with Crippen molar-refractivity contribution in [1.29, 1.82) is 0 Å². The fourth-order valence-corrected chi connectivity index (χ4v) is 3.03. The van der Waals surface area contributed by atoms with Crippen LogP contribution in [0.3, 0.4) is 0 Å². The van der Waals surface area contributed by atoms with E-state index in [9.17, 15) is 0 Å². The average molecular weight is 314 g/mol. The van der Waals surface area contributed by atoms with Gasteiger partial charge in [0.25, 0.3) is 0 Å². The van der Waals surface area contributed by atoms with E-state index in [1.54, 1.807) is 11.3 Å². The summed E-state index contributed by atoms with van der Waals surface area (Å²) in [5.41, 5.74) is 0. The molecule has 0 radical (unpaired) electrons. The topological polar surface area (TPSA) is 29.9 Å². The Hall–Kier alpha value is -0.650. The normalized spacial score (nSPS) is 11.3. The Morgan fingerprint density at radius 1 is 1.47 bits per heavy atom. The van der Waals surface area contributed by atoms with E-state index in [1.165, 1.54) is 8.66 Å². The smallest absolute Gasteiger partial charge is 0.122 e. The Kier molecular flexibility index (Phi) is 4.36. The van der Waals surface area contributed by atoms with Crippen molar-refractivity contribution in [3.05, 3.63) is 39.0 Å². The highest BCUT2D eigenvalue weighted by atomic mass is 79.9. The van der Waals surface area contributed by atoms with E-state index in [1.807, 2.05) is 12.4 Å². The van der Waals surface area contributed by atoms with Gasteiger partial charge in [0.15, 0.2) is 0 Å². The van der Waals surface area contributed by atoms with Crippen LogP contribution in [0, 0.1) is 0 Å². The lowest BCUT2D eigenvalue weighted by molar-refractivity contribution is 0.555. The predicted octanol–water partition coefficient (Wildman–Crippen LogP) is 3.25. The van der Waals surface area contributed by atoms with Crippen LogP contribution >= 0.6 is 27.3 Å². The van der Waals surface area contributed by atoms with Crippen molar-refractivity contribution in [1.82, 2.24) is 14.9 Å². The Balaban J connectivity index is 2.03. The first kappa shape index (κ1) is 12.8. The van der Waals surface area contributed by atoms with E-state index >= 15 is 0 Å². The highest BCUT2D eigenvalue weighted by Gasteiger charge is 2.05. The Bertz CT molecular complexity index is 476. The minimum Gasteiger partial charge on any atom is -0.329 e. The lowest BCUT2D eigenvalue weighted by Crippen LogP contribution is -2.24. The molecule has 17 heavy (non-hydrogen) atoms. The van der Waals surface area contributed by atoms with Crippen LogP contribution in [0.5, 0.6) is 0 Å². The highest BCUT2D eigenvalue weighted by molar-refractivity contribution is 9.11. The second-order valence-corrected chi connectivity index (χ2v) is 6.76. The largest absolute Gasteiger partial charge is 0.329 e. The molecule has 1 N–H and O–H groups in total. The molecule has 2 aromatic heterocycles. The molecule has 0 atom stereocenters. The molecule has 0 amide bonds. The quantitative estimate of drug-likeness (QED) is 0.918. The van der Waals surface area contributed by atoms with Gasteiger partial charge in [0.2, 0.25) is 0 Å². The summed E-state index contributed by atoms with van der Waals surface area (Å²) in [4.78, 5) is 5.72. The van der Waals surface area contributed by atoms with Gasteiger partial charge in [0.05, 0.1) is 16.9 Å². The molecule has 0 unspecified atom stereocenters. The van der Waals surface area contributed by atoms with Gasteiger partial charge in [-0.25, -0.2) is 4.98 Å². The van der Waals surface area contributed by atoms with E-state index in [4.69, 9.17) is 0 Å². The molecule has 2 aromatic rings. The maximum Gasteiger partial charge on any atom is 0.122 e. The van der Waals surface area contributed by atoms with Crippen LogP contribution in [0.1, 0.15) is 24.5 Å². The van der Waals surface area contributed by atoms with E-state index in [-0.39, 0.29) is 0 Å². The molecule has 3 nitrogen and oxygen atoms in total. The number of hydrogen-bond donors (Lipinski definition) is 1. The first-order chi connectivity index (χ1) is 8.15. The summed E-state index contributed by atoms with van der Waals surface area (Å²) in [7, 11) is 0. The zero-order valence-corrected chi connectivity index (χ0v) is 12.4. The van der Waals surface area contributed by atoms with Crippen molar-refractivity contribution < 1.29 is 0 Å². The molecule has 5 heteroatoms. The Morgan fingerprint density at radius 2 is 2.29 bits per heavy atom. The van der Waals surface area contributed by atoms with Crippen LogP contribution in [0.25, 0.3) is 0 Å². The number of aromatic nitrogens is 2. The Labute approximate surface area is 114 Å². The number of nitrogens with zero attached hydrogens (tertiary/aromatic N) is 2. The molecular weight excluding hydrogens is 298 g/mol. The van der Waals surface area contributed by atoms with Crippen LogP contribution in [0.15, 0.2) is 28.3 Å². The monoisotopic (exact) mass is 313 g/mol. The van der Waals surface area contributed by atoms with E-state index in [2.05, 4.69) is 56.8 Å². The molecule has 0 aliphatic heterocycles. The van der Waals surface area contributed by atoms with Gasteiger partial charge in [0, 0.05) is 23.3 Å². The van der Waals surface area contributed by atoms with Crippen molar-refractivity contribution in [2.24, 2.45) is 0 Å². The van der Waals surface area contributed by atoms with Gasteiger partial charge in [-0.2, -0.15) is 0 Å². The van der Waals surface area contributed by atoms with Gasteiger partial charge in [-0.15, -0.1) is 11.3 Å². The van der Waals surface area contributed by atoms with Crippen LogP contribution in [0.2, 0.25) is 0 Å². The fourth-order valence-electron chi connectivity index (χ4n) is 1.55. The van der Waals surface area contributed by atoms with Gasteiger partial charge in [-0.05, 0) is 28.1 Å². The summed E-state index contributed by atoms with van der Waals surface area (Å²) < 4.78 is 3.36. The van der Waals surface area contributed by atoms with Crippen molar-refractivity contribution in [3.8, 4) is 0 Å². The molecular formula is C12H16BrN3S. The first-order valence-electron chi connectivity index (χ1n) is 5.63. The van der Waals surface area contributed by atoms with Gasteiger partial charge >= 0.3 is 0 Å². The molecule has 2 heterocycles. The predicted molar refractivity (Wildman–Crippen MR) is 75.3 cm³/mol. The third-order valence-electron chi connectivity index (χ3n) is 2.43. The van der Waals surface area contributed by atoms with Gasteiger partial charge in [0.1, 0.15) is 5.82 Å². The van der Waals surface area contributed by atoms with Crippen molar-refractivity contribution >= 4 is 27.3 Å². The number of rotatable bonds is 5. The number of halogens is 1. The van der Waals surface area contributed by atoms with E-state index in [0.29, 0.717) is 6.04 Å². The molecule has 0 saturated carbocycles. The maximum atomic E-state index is 4.38. The summed E-state index contributed by atoms with van der Waals surface area (Å²) in [5, 5.41) is 3.39. The molecule has 0 saturated heterocycles. The third kappa shape index (κ3) is 3.66. The first-order valence-corrected chi connectivity index (χ1v) is 7.23.